The van der Waals surface area contributed by atoms with Gasteiger partial charge >= 0.3 is 5.97 Å². The Morgan fingerprint density at radius 1 is 1.07 bits per heavy atom. The molecule has 0 aromatic heterocycles. The summed E-state index contributed by atoms with van der Waals surface area (Å²) in [4.78, 5) is 26.5. The van der Waals surface area contributed by atoms with E-state index in [1.807, 2.05) is 32.1 Å². The quantitative estimate of drug-likeness (QED) is 0.334. The van der Waals surface area contributed by atoms with Gasteiger partial charge in [0, 0.05) is 31.1 Å². The highest BCUT2D eigenvalue weighted by molar-refractivity contribution is 5.99. The first kappa shape index (κ1) is 31.6. The summed E-state index contributed by atoms with van der Waals surface area (Å²) in [6.45, 7) is 13.7. The topological polar surface area (TPSA) is 102 Å². The van der Waals surface area contributed by atoms with Crippen LogP contribution in [-0.2, 0) is 23.8 Å². The Morgan fingerprint density at radius 2 is 1.80 bits per heavy atom. The van der Waals surface area contributed by atoms with Crippen LogP contribution >= 0.6 is 0 Å². The number of hydrogen-bond donors (Lipinski definition) is 2. The van der Waals surface area contributed by atoms with E-state index in [0.29, 0.717) is 36.3 Å². The van der Waals surface area contributed by atoms with Gasteiger partial charge in [0.25, 0.3) is 0 Å². The van der Waals surface area contributed by atoms with Crippen LogP contribution in [0.2, 0.25) is 0 Å². The molecule has 4 aliphatic rings. The van der Waals surface area contributed by atoms with Crippen molar-refractivity contribution < 1.29 is 34.0 Å². The minimum Gasteiger partial charge on any atom is -0.462 e. The van der Waals surface area contributed by atoms with Crippen LogP contribution in [0.15, 0.2) is 59.3 Å². The highest BCUT2D eigenvalue weighted by atomic mass is 16.7. The van der Waals surface area contributed by atoms with Crippen molar-refractivity contribution in [3.05, 3.63) is 59.3 Å². The van der Waals surface area contributed by atoms with Gasteiger partial charge in [0.1, 0.15) is 17.6 Å². The number of Topliss-reactive ketones (excluding diaryl/α,β-unsaturated/α-hetero) is 1. The number of rotatable bonds is 2. The standard InChI is InChI=1S/C34H48O7/c1-8-20(2)31-23(5)14-15-33(41-31)18-27-17-26(40-33)13-12-22(4)30(36)21(3)10-9-11-25(7)34(38)19-29(35)24(6)16-28(34)32(37)39-27/h9-12,14-16,20-21,23,26-28,30-31,36,38H,8,13,17-19H2,1-7H3/b10-9+,22-12+,25-11+/t20?,21-,23-,26+,27-,28-,30-,31+,33+,34+/m0/s1. The molecule has 1 aliphatic carbocycles. The zero-order valence-corrected chi connectivity index (χ0v) is 25.6. The number of hydrogen-bond acceptors (Lipinski definition) is 7. The summed E-state index contributed by atoms with van der Waals surface area (Å²) in [5.74, 6) is -2.51. The second-order valence-electron chi connectivity index (χ2n) is 12.8. The Kier molecular flexibility index (Phi) is 9.64. The van der Waals surface area contributed by atoms with E-state index in [1.165, 1.54) is 0 Å². The van der Waals surface area contributed by atoms with Crippen molar-refractivity contribution in [2.75, 3.05) is 0 Å². The van der Waals surface area contributed by atoms with Crippen LogP contribution in [0.3, 0.4) is 0 Å². The minimum absolute atomic E-state index is 0.0440. The Morgan fingerprint density at radius 3 is 2.51 bits per heavy atom. The van der Waals surface area contributed by atoms with Crippen molar-refractivity contribution >= 4 is 11.8 Å². The molecule has 1 saturated heterocycles. The van der Waals surface area contributed by atoms with Crippen LogP contribution < -0.4 is 0 Å². The molecule has 1 unspecified atom stereocenters. The normalized spacial score (nSPS) is 44.5. The van der Waals surface area contributed by atoms with Crippen LogP contribution in [0.4, 0.5) is 0 Å². The lowest BCUT2D eigenvalue weighted by atomic mass is 9.72. The molecule has 0 aromatic carbocycles. The minimum atomic E-state index is -1.71. The van der Waals surface area contributed by atoms with E-state index in [1.54, 1.807) is 32.1 Å². The number of ketones is 1. The molecule has 1 fully saturated rings. The first-order valence-corrected chi connectivity index (χ1v) is 15.2. The molecule has 7 nitrogen and oxygen atoms in total. The highest BCUT2D eigenvalue weighted by Gasteiger charge is 2.50. The summed E-state index contributed by atoms with van der Waals surface area (Å²) >= 11 is 0. The number of allylic oxidation sites excluding steroid dienone is 3. The van der Waals surface area contributed by atoms with Crippen molar-refractivity contribution in [2.45, 2.75) is 116 Å². The maximum atomic E-state index is 13.8. The van der Waals surface area contributed by atoms with Gasteiger partial charge in [0.2, 0.25) is 0 Å². The van der Waals surface area contributed by atoms with E-state index in [0.717, 1.165) is 12.0 Å². The molecule has 0 aromatic rings. The second-order valence-corrected chi connectivity index (χ2v) is 12.8. The summed E-state index contributed by atoms with van der Waals surface area (Å²) in [6, 6.07) is 0. The van der Waals surface area contributed by atoms with E-state index in [-0.39, 0.29) is 36.2 Å². The fourth-order valence-electron chi connectivity index (χ4n) is 6.48. The van der Waals surface area contributed by atoms with Crippen LogP contribution in [0.1, 0.15) is 80.6 Å². The molecule has 0 amide bonds. The molecule has 41 heavy (non-hydrogen) atoms. The number of esters is 1. The molecule has 4 rings (SSSR count). The largest absolute Gasteiger partial charge is 0.462 e. The number of aliphatic hydroxyl groups excluding tert-OH is 1. The fraction of sp³-hybridized carbons (Fsp3) is 0.647. The average molecular weight is 569 g/mol. The number of aliphatic hydroxyl groups is 2. The third kappa shape index (κ3) is 6.69. The summed E-state index contributed by atoms with van der Waals surface area (Å²) < 4.78 is 19.5. The van der Waals surface area contributed by atoms with E-state index in [4.69, 9.17) is 14.2 Å². The maximum absolute atomic E-state index is 13.8. The lowest BCUT2D eigenvalue weighted by Crippen LogP contribution is -2.54. The summed E-state index contributed by atoms with van der Waals surface area (Å²) in [5.41, 5.74) is 0.0408. The van der Waals surface area contributed by atoms with Gasteiger partial charge in [0.15, 0.2) is 11.6 Å². The third-order valence-electron chi connectivity index (χ3n) is 9.57. The van der Waals surface area contributed by atoms with Crippen molar-refractivity contribution in [3.63, 3.8) is 0 Å². The Hall–Kier alpha value is -2.32. The fourth-order valence-corrected chi connectivity index (χ4v) is 6.48. The predicted octanol–water partition coefficient (Wildman–Crippen LogP) is 5.53. The molecule has 3 heterocycles. The molecule has 7 heteroatoms. The van der Waals surface area contributed by atoms with Crippen LogP contribution in [0, 0.1) is 23.7 Å². The lowest BCUT2D eigenvalue weighted by Gasteiger charge is -2.48. The van der Waals surface area contributed by atoms with Crippen molar-refractivity contribution in [1.82, 2.24) is 0 Å². The van der Waals surface area contributed by atoms with Gasteiger partial charge in [-0.1, -0.05) is 70.6 Å². The van der Waals surface area contributed by atoms with E-state index < -0.39 is 35.5 Å². The average Bonchev–Trinajstić information content (AvgIpc) is 2.93. The van der Waals surface area contributed by atoms with E-state index >= 15 is 0 Å². The van der Waals surface area contributed by atoms with Gasteiger partial charge in [-0.25, -0.2) is 0 Å². The Labute approximate surface area is 245 Å². The monoisotopic (exact) mass is 568 g/mol. The smallest absolute Gasteiger partial charge is 0.316 e. The maximum Gasteiger partial charge on any atom is 0.316 e. The Bertz CT molecular complexity index is 1160. The zero-order valence-electron chi connectivity index (χ0n) is 25.6. The first-order valence-electron chi connectivity index (χ1n) is 15.2. The van der Waals surface area contributed by atoms with Gasteiger partial charge in [-0.3, -0.25) is 9.59 Å². The van der Waals surface area contributed by atoms with Crippen LogP contribution in [0.5, 0.6) is 0 Å². The lowest BCUT2D eigenvalue weighted by molar-refractivity contribution is -0.300. The number of carbonyl (C=O) groups is 2. The molecule has 226 valence electrons. The summed E-state index contributed by atoms with van der Waals surface area (Å²) in [6.07, 6.45) is 13.5. The molecule has 2 N–H and O–H groups in total. The SMILES string of the molecule is CCC(C)[C@H]1O[C@]2(C=C[C@@H]1C)C[C@@H]1C[C@@H](C/C=C(\C)[C@@H](O)[C@@H](C)/C=C/C=C(\C)[C@]3(O)CC(=O)C(C)=C[C@H]3C(=O)O1)O2. The van der Waals surface area contributed by atoms with Crippen LogP contribution in [-0.4, -0.2) is 57.8 Å². The first-order chi connectivity index (χ1) is 19.3. The van der Waals surface area contributed by atoms with Gasteiger partial charge in [-0.2, -0.15) is 0 Å². The molecule has 10 atom stereocenters. The predicted molar refractivity (Wildman–Crippen MR) is 158 cm³/mol. The van der Waals surface area contributed by atoms with E-state index in [9.17, 15) is 19.8 Å². The van der Waals surface area contributed by atoms with Gasteiger partial charge < -0.3 is 24.4 Å². The zero-order chi connectivity index (χ0) is 30.1. The molecule has 2 bridgehead atoms. The molecule has 3 aliphatic heterocycles. The van der Waals surface area contributed by atoms with Gasteiger partial charge in [0.05, 0.1) is 18.3 Å². The molecular formula is C34H48O7. The van der Waals surface area contributed by atoms with Crippen molar-refractivity contribution in [2.24, 2.45) is 23.7 Å². The number of fused-ring (bicyclic) bond motifs is 3. The highest BCUT2D eigenvalue weighted by Crippen LogP contribution is 2.43. The Balaban J connectivity index is 1.75. The molecule has 0 radical (unpaired) electrons. The second kappa shape index (κ2) is 12.5. The molecule has 1 spiro atoms. The number of ether oxygens (including phenoxy) is 3. The van der Waals surface area contributed by atoms with Crippen molar-refractivity contribution in [3.8, 4) is 0 Å². The number of carbonyl (C=O) groups excluding carboxylic acids is 2. The van der Waals surface area contributed by atoms with Gasteiger partial charge in [-0.05, 0) is 55.9 Å². The summed E-state index contributed by atoms with van der Waals surface area (Å²) in [7, 11) is 0. The van der Waals surface area contributed by atoms with Crippen molar-refractivity contribution in [1.29, 1.82) is 0 Å². The molecular weight excluding hydrogens is 520 g/mol. The van der Waals surface area contributed by atoms with E-state index in [2.05, 4.69) is 26.8 Å². The summed E-state index contributed by atoms with van der Waals surface area (Å²) in [5, 5.41) is 22.8. The molecule has 0 saturated carbocycles. The van der Waals surface area contributed by atoms with Gasteiger partial charge in [-0.15, -0.1) is 0 Å². The van der Waals surface area contributed by atoms with Crippen LogP contribution in [0.25, 0.3) is 0 Å². The third-order valence-corrected chi connectivity index (χ3v) is 9.57.